The van der Waals surface area contributed by atoms with E-state index in [0.29, 0.717) is 25.2 Å². The van der Waals surface area contributed by atoms with Gasteiger partial charge in [0.05, 0.1) is 11.6 Å². The SMILES string of the molecule is CC(C)NC(=O)[C@H]1CN(Cc2ccc(F)c(F)c2)C[C@@H]1c1ccnc(N2CCCC2)n1. The number of nitrogens with zero attached hydrogens (tertiary/aromatic N) is 4. The van der Waals surface area contributed by atoms with Crippen molar-refractivity contribution < 1.29 is 13.6 Å². The quantitative estimate of drug-likeness (QED) is 0.765. The zero-order valence-electron chi connectivity index (χ0n) is 18.0. The molecule has 1 aromatic heterocycles. The van der Waals surface area contributed by atoms with Crippen LogP contribution in [0.3, 0.4) is 0 Å². The Hall–Kier alpha value is -2.61. The van der Waals surface area contributed by atoms with Crippen molar-refractivity contribution in [1.82, 2.24) is 20.2 Å². The van der Waals surface area contributed by atoms with Gasteiger partial charge in [0, 0.05) is 50.9 Å². The first kappa shape index (κ1) is 21.6. The van der Waals surface area contributed by atoms with Gasteiger partial charge in [-0.3, -0.25) is 9.69 Å². The maximum absolute atomic E-state index is 13.7. The van der Waals surface area contributed by atoms with E-state index in [0.717, 1.165) is 43.6 Å². The number of hydrogen-bond donors (Lipinski definition) is 1. The van der Waals surface area contributed by atoms with Crippen LogP contribution in [0.2, 0.25) is 0 Å². The number of benzene rings is 1. The van der Waals surface area contributed by atoms with Crippen LogP contribution in [0.4, 0.5) is 14.7 Å². The Kier molecular flexibility index (Phi) is 6.46. The Morgan fingerprint density at radius 3 is 2.65 bits per heavy atom. The zero-order chi connectivity index (χ0) is 22.0. The van der Waals surface area contributed by atoms with Gasteiger partial charge in [-0.15, -0.1) is 0 Å². The number of anilines is 1. The maximum Gasteiger partial charge on any atom is 0.225 e. The summed E-state index contributed by atoms with van der Waals surface area (Å²) in [5.41, 5.74) is 1.54. The van der Waals surface area contributed by atoms with Crippen molar-refractivity contribution in [2.45, 2.75) is 45.2 Å². The van der Waals surface area contributed by atoms with Crippen molar-refractivity contribution in [2.24, 2.45) is 5.92 Å². The third-order valence-corrected chi connectivity index (χ3v) is 5.99. The van der Waals surface area contributed by atoms with Crippen molar-refractivity contribution >= 4 is 11.9 Å². The summed E-state index contributed by atoms with van der Waals surface area (Å²) in [6.45, 7) is 7.38. The second-order valence-corrected chi connectivity index (χ2v) is 8.79. The molecule has 0 aliphatic carbocycles. The lowest BCUT2D eigenvalue weighted by Crippen LogP contribution is -2.38. The number of halogens is 2. The molecule has 2 fully saturated rings. The summed E-state index contributed by atoms with van der Waals surface area (Å²) in [4.78, 5) is 26.5. The smallest absolute Gasteiger partial charge is 0.225 e. The highest BCUT2D eigenvalue weighted by Gasteiger charge is 2.39. The first-order chi connectivity index (χ1) is 14.9. The Balaban J connectivity index is 1.56. The third kappa shape index (κ3) is 5.01. The number of likely N-dealkylation sites (tertiary alicyclic amines) is 1. The summed E-state index contributed by atoms with van der Waals surface area (Å²) in [7, 11) is 0. The van der Waals surface area contributed by atoms with Crippen molar-refractivity contribution in [3.8, 4) is 0 Å². The van der Waals surface area contributed by atoms with Gasteiger partial charge in [0.25, 0.3) is 0 Å². The topological polar surface area (TPSA) is 61.4 Å². The Morgan fingerprint density at radius 1 is 1.16 bits per heavy atom. The van der Waals surface area contributed by atoms with E-state index in [2.05, 4.69) is 20.1 Å². The molecule has 0 bridgehead atoms. The summed E-state index contributed by atoms with van der Waals surface area (Å²) in [6, 6.07) is 5.89. The predicted octanol–water partition coefficient (Wildman–Crippen LogP) is 3.10. The second kappa shape index (κ2) is 9.26. The summed E-state index contributed by atoms with van der Waals surface area (Å²) in [6.07, 6.45) is 4.04. The molecule has 4 rings (SSSR count). The molecule has 0 saturated carbocycles. The average molecular weight is 430 g/mol. The van der Waals surface area contributed by atoms with Crippen LogP contribution in [-0.2, 0) is 11.3 Å². The van der Waals surface area contributed by atoms with Gasteiger partial charge in [-0.2, -0.15) is 0 Å². The van der Waals surface area contributed by atoms with E-state index in [9.17, 15) is 13.6 Å². The summed E-state index contributed by atoms with van der Waals surface area (Å²) in [5, 5.41) is 3.03. The molecule has 2 aliphatic heterocycles. The van der Waals surface area contributed by atoms with E-state index < -0.39 is 11.6 Å². The van der Waals surface area contributed by atoms with E-state index in [4.69, 9.17) is 4.98 Å². The van der Waals surface area contributed by atoms with Crippen molar-refractivity contribution in [3.05, 3.63) is 53.4 Å². The Morgan fingerprint density at radius 2 is 1.94 bits per heavy atom. The largest absolute Gasteiger partial charge is 0.354 e. The highest BCUT2D eigenvalue weighted by Crippen LogP contribution is 2.34. The monoisotopic (exact) mass is 429 g/mol. The van der Waals surface area contributed by atoms with Crippen molar-refractivity contribution in [1.29, 1.82) is 0 Å². The molecule has 0 spiro atoms. The highest BCUT2D eigenvalue weighted by molar-refractivity contribution is 5.80. The van der Waals surface area contributed by atoms with Gasteiger partial charge in [0.2, 0.25) is 11.9 Å². The minimum Gasteiger partial charge on any atom is -0.354 e. The van der Waals surface area contributed by atoms with Crippen LogP contribution in [0.25, 0.3) is 0 Å². The Labute approximate surface area is 181 Å². The van der Waals surface area contributed by atoms with Gasteiger partial charge in [-0.25, -0.2) is 18.7 Å². The fourth-order valence-electron chi connectivity index (χ4n) is 4.51. The molecule has 2 saturated heterocycles. The van der Waals surface area contributed by atoms with Gasteiger partial charge >= 0.3 is 0 Å². The molecule has 1 aromatic carbocycles. The van der Waals surface area contributed by atoms with Crippen LogP contribution >= 0.6 is 0 Å². The maximum atomic E-state index is 13.7. The van der Waals surface area contributed by atoms with Gasteiger partial charge in [0.15, 0.2) is 11.6 Å². The number of carbonyl (C=O) groups is 1. The number of carbonyl (C=O) groups excluding carboxylic acids is 1. The van der Waals surface area contributed by atoms with Crippen molar-refractivity contribution in [3.63, 3.8) is 0 Å². The van der Waals surface area contributed by atoms with Crippen LogP contribution in [0.5, 0.6) is 0 Å². The van der Waals surface area contributed by atoms with Crippen LogP contribution in [0.15, 0.2) is 30.5 Å². The molecule has 1 amide bonds. The molecule has 6 nitrogen and oxygen atoms in total. The first-order valence-corrected chi connectivity index (χ1v) is 11.0. The van der Waals surface area contributed by atoms with Gasteiger partial charge in [-0.1, -0.05) is 6.07 Å². The standard InChI is InChI=1S/C23H29F2N5O/c1-15(2)27-22(31)18-14-29(12-16-5-6-19(24)20(25)11-16)13-17(18)21-7-8-26-23(28-21)30-9-3-4-10-30/h5-8,11,15,17-18H,3-4,9-10,12-14H2,1-2H3,(H,27,31)/t17-,18-/m0/s1. The zero-order valence-corrected chi connectivity index (χ0v) is 18.0. The van der Waals surface area contributed by atoms with Crippen LogP contribution < -0.4 is 10.2 Å². The molecule has 2 atom stereocenters. The molecule has 2 aliphatic rings. The van der Waals surface area contributed by atoms with E-state index in [1.807, 2.05) is 19.9 Å². The fraction of sp³-hybridized carbons (Fsp3) is 0.522. The van der Waals surface area contributed by atoms with E-state index >= 15 is 0 Å². The molecule has 166 valence electrons. The predicted molar refractivity (Wildman–Crippen MR) is 115 cm³/mol. The van der Waals surface area contributed by atoms with Crippen LogP contribution in [0.1, 0.15) is 43.9 Å². The van der Waals surface area contributed by atoms with E-state index in [1.165, 1.54) is 6.07 Å². The molecular weight excluding hydrogens is 400 g/mol. The van der Waals surface area contributed by atoms with Crippen molar-refractivity contribution in [2.75, 3.05) is 31.1 Å². The molecule has 3 heterocycles. The molecule has 8 heteroatoms. The number of aromatic nitrogens is 2. The molecule has 0 radical (unpaired) electrons. The molecular formula is C23H29F2N5O. The first-order valence-electron chi connectivity index (χ1n) is 11.0. The molecule has 2 aromatic rings. The van der Waals surface area contributed by atoms with E-state index in [1.54, 1.807) is 12.3 Å². The summed E-state index contributed by atoms with van der Waals surface area (Å²) in [5.74, 6) is -1.35. The Bertz CT molecular complexity index is 932. The number of hydrogen-bond acceptors (Lipinski definition) is 5. The molecule has 31 heavy (non-hydrogen) atoms. The highest BCUT2D eigenvalue weighted by atomic mass is 19.2. The molecule has 0 unspecified atom stereocenters. The minimum atomic E-state index is -0.854. The lowest BCUT2D eigenvalue weighted by molar-refractivity contribution is -0.125. The van der Waals surface area contributed by atoms with Crippen LogP contribution in [0, 0.1) is 17.6 Å². The number of rotatable bonds is 6. The summed E-state index contributed by atoms with van der Waals surface area (Å²) >= 11 is 0. The van der Waals surface area contributed by atoms with Gasteiger partial charge < -0.3 is 10.2 Å². The lowest BCUT2D eigenvalue weighted by Gasteiger charge is -2.21. The minimum absolute atomic E-state index is 0.00544. The second-order valence-electron chi connectivity index (χ2n) is 8.79. The van der Waals surface area contributed by atoms with E-state index in [-0.39, 0.29) is 23.8 Å². The average Bonchev–Trinajstić information content (AvgIpc) is 3.41. The number of nitrogens with one attached hydrogen (secondary N) is 1. The normalized spacial score (nSPS) is 21.8. The van der Waals surface area contributed by atoms with Gasteiger partial charge in [-0.05, 0) is 50.5 Å². The molecule has 1 N–H and O–H groups in total. The third-order valence-electron chi connectivity index (χ3n) is 5.99. The summed E-state index contributed by atoms with van der Waals surface area (Å²) < 4.78 is 26.9. The lowest BCUT2D eigenvalue weighted by atomic mass is 9.91. The van der Waals surface area contributed by atoms with Gasteiger partial charge in [0.1, 0.15) is 0 Å². The van der Waals surface area contributed by atoms with Crippen LogP contribution in [-0.4, -0.2) is 53.0 Å². The fourth-order valence-corrected chi connectivity index (χ4v) is 4.51. The number of amides is 1.